The van der Waals surface area contributed by atoms with Crippen molar-refractivity contribution in [3.05, 3.63) is 87.8 Å². The maximum atomic E-state index is 13.0. The van der Waals surface area contributed by atoms with E-state index < -0.39 is 0 Å². The van der Waals surface area contributed by atoms with E-state index in [0.29, 0.717) is 29.1 Å². The van der Waals surface area contributed by atoms with Gasteiger partial charge in [0.15, 0.2) is 5.11 Å². The first-order valence-electron chi connectivity index (χ1n) is 13.8. The minimum absolute atomic E-state index is 0.0818. The van der Waals surface area contributed by atoms with E-state index in [2.05, 4.69) is 40.8 Å². The van der Waals surface area contributed by atoms with Gasteiger partial charge in [0.2, 0.25) is 0 Å². The molecule has 2 aliphatic rings. The highest BCUT2D eigenvalue weighted by atomic mass is 32.1. The molecule has 0 radical (unpaired) electrons. The molecule has 3 aromatic rings. The Morgan fingerprint density at radius 1 is 1.03 bits per heavy atom. The van der Waals surface area contributed by atoms with Crippen LogP contribution in [0, 0.1) is 18.8 Å². The third-order valence-electron chi connectivity index (χ3n) is 7.64. The zero-order valence-electron chi connectivity index (χ0n) is 22.9. The van der Waals surface area contributed by atoms with E-state index in [4.69, 9.17) is 12.2 Å². The van der Waals surface area contributed by atoms with Gasteiger partial charge in [0, 0.05) is 55.1 Å². The normalized spacial score (nSPS) is 17.9. The van der Waals surface area contributed by atoms with Gasteiger partial charge in [-0.25, -0.2) is 0 Å². The second kappa shape index (κ2) is 11.6. The summed E-state index contributed by atoms with van der Waals surface area (Å²) in [6.45, 7) is 9.35. The average Bonchev–Trinajstić information content (AvgIpc) is 2.90. The van der Waals surface area contributed by atoms with E-state index in [1.807, 2.05) is 60.0 Å². The number of aryl methyl sites for hydroxylation is 1. The van der Waals surface area contributed by atoms with Crippen molar-refractivity contribution in [2.75, 3.05) is 35.2 Å². The second-order valence-corrected chi connectivity index (χ2v) is 11.6. The molecule has 1 aromatic heterocycles. The Kier molecular flexibility index (Phi) is 8.02. The van der Waals surface area contributed by atoms with Gasteiger partial charge in [-0.1, -0.05) is 37.6 Å². The molecular formula is C31H37N5O2S. The fourth-order valence-electron chi connectivity index (χ4n) is 5.64. The summed E-state index contributed by atoms with van der Waals surface area (Å²) in [5.41, 5.74) is 5.66. The van der Waals surface area contributed by atoms with E-state index in [1.54, 1.807) is 6.07 Å². The summed E-state index contributed by atoms with van der Waals surface area (Å²) in [5.74, 6) is 1.08. The quantitative estimate of drug-likeness (QED) is 0.348. The number of rotatable bonds is 7. The van der Waals surface area contributed by atoms with E-state index >= 15 is 0 Å². The molecular weight excluding hydrogens is 506 g/mol. The van der Waals surface area contributed by atoms with Crippen molar-refractivity contribution in [3.8, 4) is 0 Å². The van der Waals surface area contributed by atoms with Gasteiger partial charge in [0.25, 0.3) is 11.5 Å². The number of hydrogen-bond donors (Lipinski definition) is 3. The lowest BCUT2D eigenvalue weighted by molar-refractivity contribution is 0.0952. The van der Waals surface area contributed by atoms with E-state index in [0.717, 1.165) is 55.2 Å². The van der Waals surface area contributed by atoms with Crippen LogP contribution in [0.2, 0.25) is 0 Å². The number of carbonyl (C=O) groups is 1. The molecule has 0 saturated carbocycles. The van der Waals surface area contributed by atoms with Crippen LogP contribution in [0.3, 0.4) is 0 Å². The third kappa shape index (κ3) is 6.33. The fraction of sp³-hybridized carbons (Fsp3) is 0.387. The number of fused-ring (bicyclic) bond motifs is 4. The monoisotopic (exact) mass is 543 g/mol. The number of amides is 1. The van der Waals surface area contributed by atoms with Crippen molar-refractivity contribution in [2.45, 2.75) is 46.1 Å². The van der Waals surface area contributed by atoms with Crippen LogP contribution in [-0.4, -0.2) is 35.2 Å². The van der Waals surface area contributed by atoms with Crippen molar-refractivity contribution in [1.82, 2.24) is 9.88 Å². The van der Waals surface area contributed by atoms with Gasteiger partial charge in [-0.2, -0.15) is 0 Å². The number of anilines is 3. The zero-order valence-corrected chi connectivity index (χ0v) is 23.7. The minimum Gasteiger partial charge on any atom is -0.369 e. The Labute approximate surface area is 235 Å². The predicted octanol–water partition coefficient (Wildman–Crippen LogP) is 5.37. The summed E-state index contributed by atoms with van der Waals surface area (Å²) in [7, 11) is 0. The number of nitrogens with one attached hydrogen (secondary N) is 3. The molecule has 3 N–H and O–H groups in total. The van der Waals surface area contributed by atoms with Crippen LogP contribution in [0.5, 0.6) is 0 Å². The smallest absolute Gasteiger partial charge is 0.251 e. The SMILES string of the molecule is Cc1ccc(NC(=S)Nc2cc(C(=O)NCCC(C)C)ccc2N2CC3CC(C2)c2cccc(=O)n2C3)cc1. The third-order valence-corrected chi connectivity index (χ3v) is 7.85. The lowest BCUT2D eigenvalue weighted by Gasteiger charge is -2.44. The molecule has 2 atom stereocenters. The number of nitrogens with zero attached hydrogens (tertiary/aromatic N) is 2. The van der Waals surface area contributed by atoms with Gasteiger partial charge >= 0.3 is 0 Å². The summed E-state index contributed by atoms with van der Waals surface area (Å²) in [4.78, 5) is 27.8. The van der Waals surface area contributed by atoms with E-state index in [-0.39, 0.29) is 17.4 Å². The summed E-state index contributed by atoms with van der Waals surface area (Å²) in [5, 5.41) is 10.2. The van der Waals surface area contributed by atoms with Gasteiger partial charge in [0.1, 0.15) is 0 Å². The summed E-state index contributed by atoms with van der Waals surface area (Å²) >= 11 is 5.69. The average molecular weight is 544 g/mol. The molecule has 7 nitrogen and oxygen atoms in total. The maximum Gasteiger partial charge on any atom is 0.251 e. The van der Waals surface area contributed by atoms with Crippen LogP contribution in [0.4, 0.5) is 17.1 Å². The van der Waals surface area contributed by atoms with Crippen LogP contribution < -0.4 is 26.4 Å². The predicted molar refractivity (Wildman–Crippen MR) is 163 cm³/mol. The molecule has 1 fully saturated rings. The number of pyridine rings is 1. The molecule has 2 aromatic carbocycles. The molecule has 2 unspecified atom stereocenters. The van der Waals surface area contributed by atoms with Gasteiger partial charge in [0.05, 0.1) is 11.4 Å². The van der Waals surface area contributed by atoms with Crippen LogP contribution in [0.1, 0.15) is 54.2 Å². The Balaban J connectivity index is 1.40. The molecule has 5 rings (SSSR count). The molecule has 8 heteroatoms. The maximum absolute atomic E-state index is 13.0. The minimum atomic E-state index is -0.0912. The number of piperidine rings is 1. The largest absolute Gasteiger partial charge is 0.369 e. The molecule has 39 heavy (non-hydrogen) atoms. The molecule has 2 aliphatic heterocycles. The lowest BCUT2D eigenvalue weighted by atomic mass is 9.83. The molecule has 0 spiro atoms. The Morgan fingerprint density at radius 3 is 2.59 bits per heavy atom. The second-order valence-electron chi connectivity index (χ2n) is 11.2. The van der Waals surface area contributed by atoms with Crippen LogP contribution in [0.15, 0.2) is 65.5 Å². The Hall–Kier alpha value is -3.65. The number of carbonyl (C=O) groups excluding carboxylic acids is 1. The first-order valence-corrected chi connectivity index (χ1v) is 14.2. The highest BCUT2D eigenvalue weighted by Gasteiger charge is 2.35. The lowest BCUT2D eigenvalue weighted by Crippen LogP contribution is -2.47. The van der Waals surface area contributed by atoms with Crippen molar-refractivity contribution in [2.24, 2.45) is 11.8 Å². The van der Waals surface area contributed by atoms with Gasteiger partial charge in [-0.15, -0.1) is 0 Å². The summed E-state index contributed by atoms with van der Waals surface area (Å²) in [6.07, 6.45) is 2.01. The first-order chi connectivity index (χ1) is 18.8. The van der Waals surface area contributed by atoms with Crippen LogP contribution in [-0.2, 0) is 6.54 Å². The van der Waals surface area contributed by atoms with Crippen LogP contribution >= 0.6 is 12.2 Å². The van der Waals surface area contributed by atoms with E-state index in [9.17, 15) is 9.59 Å². The number of aromatic nitrogens is 1. The topological polar surface area (TPSA) is 78.4 Å². The van der Waals surface area contributed by atoms with Gasteiger partial charge < -0.3 is 25.4 Å². The number of hydrogen-bond acceptors (Lipinski definition) is 4. The molecule has 3 heterocycles. The van der Waals surface area contributed by atoms with Crippen molar-refractivity contribution >= 4 is 40.3 Å². The molecule has 1 saturated heterocycles. The standard InChI is InChI=1S/C31H37N5O2S/c1-20(2)13-14-32-30(38)23-9-12-28(26(16-23)34-31(39)33-25-10-7-21(3)8-11-25)35-17-22-15-24(19-35)27-5-4-6-29(37)36(27)18-22/h4-12,16,20,22,24H,13-15,17-19H2,1-3H3,(H,32,38)(H2,33,34,39). The summed E-state index contributed by atoms with van der Waals surface area (Å²) in [6, 6.07) is 19.5. The van der Waals surface area contributed by atoms with Crippen molar-refractivity contribution in [3.63, 3.8) is 0 Å². The highest BCUT2D eigenvalue weighted by Crippen LogP contribution is 2.39. The number of benzene rings is 2. The summed E-state index contributed by atoms with van der Waals surface area (Å²) < 4.78 is 1.94. The van der Waals surface area contributed by atoms with Gasteiger partial charge in [-0.3, -0.25) is 9.59 Å². The molecule has 0 aliphatic carbocycles. The Bertz CT molecular complexity index is 1420. The zero-order chi connectivity index (χ0) is 27.5. The van der Waals surface area contributed by atoms with Crippen LogP contribution in [0.25, 0.3) is 0 Å². The molecule has 204 valence electrons. The first kappa shape index (κ1) is 26.9. The fourth-order valence-corrected chi connectivity index (χ4v) is 5.87. The number of thiocarbonyl (C=S) groups is 1. The van der Waals surface area contributed by atoms with Gasteiger partial charge in [-0.05, 0) is 80.2 Å². The Morgan fingerprint density at radius 2 is 1.82 bits per heavy atom. The molecule has 2 bridgehead atoms. The van der Waals surface area contributed by atoms with Crippen molar-refractivity contribution in [1.29, 1.82) is 0 Å². The van der Waals surface area contributed by atoms with Crippen molar-refractivity contribution < 1.29 is 4.79 Å². The highest BCUT2D eigenvalue weighted by molar-refractivity contribution is 7.80. The van der Waals surface area contributed by atoms with E-state index in [1.165, 1.54) is 5.56 Å². The molecule has 1 amide bonds.